The monoisotopic (exact) mass is 215 g/mol. The average Bonchev–Trinajstić information content (AvgIpc) is 2.46. The third-order valence-corrected chi connectivity index (χ3v) is 3.51. The second-order valence-corrected chi connectivity index (χ2v) is 5.11. The van der Waals surface area contributed by atoms with E-state index in [1.54, 1.807) is 6.20 Å². The third-order valence-electron chi connectivity index (χ3n) is 1.96. The van der Waals surface area contributed by atoms with E-state index in [-0.39, 0.29) is 6.04 Å². The third kappa shape index (κ3) is 3.59. The molecule has 0 amide bonds. The topological polar surface area (TPSA) is 60.9 Å². The highest BCUT2D eigenvalue weighted by molar-refractivity contribution is 7.85. The summed E-state index contributed by atoms with van der Waals surface area (Å²) in [7, 11) is 1.08. The maximum absolute atomic E-state index is 11.5. The van der Waals surface area contributed by atoms with E-state index in [4.69, 9.17) is 5.73 Å². The van der Waals surface area contributed by atoms with Gasteiger partial charge in [0.05, 0.1) is 0 Å². The highest BCUT2D eigenvalue weighted by Crippen LogP contribution is 1.99. The van der Waals surface area contributed by atoms with Crippen molar-refractivity contribution >= 4 is 10.8 Å². The van der Waals surface area contributed by atoms with Crippen LogP contribution in [0.3, 0.4) is 0 Å². The molecule has 0 aliphatic rings. The number of nitrogens with zero attached hydrogens (tertiary/aromatic N) is 2. The van der Waals surface area contributed by atoms with E-state index in [2.05, 4.69) is 5.10 Å². The Kier molecular flexibility index (Phi) is 4.28. The molecule has 1 rings (SSSR count). The van der Waals surface area contributed by atoms with Gasteiger partial charge in [0.15, 0.2) is 0 Å². The molecule has 0 saturated heterocycles. The molecule has 2 N–H and O–H groups in total. The Bertz CT molecular complexity index is 309. The van der Waals surface area contributed by atoms with E-state index < -0.39 is 10.8 Å². The molecule has 0 bridgehead atoms. The lowest BCUT2D eigenvalue weighted by molar-refractivity contribution is 0.672. The van der Waals surface area contributed by atoms with Crippen LogP contribution in [0.4, 0.5) is 0 Å². The summed E-state index contributed by atoms with van der Waals surface area (Å²) in [4.78, 5) is 0. The van der Waals surface area contributed by atoms with E-state index in [9.17, 15) is 4.21 Å². The molecule has 4 nitrogen and oxygen atoms in total. The quantitative estimate of drug-likeness (QED) is 0.755. The van der Waals surface area contributed by atoms with Crippen molar-refractivity contribution < 1.29 is 4.21 Å². The molecular formula is C9H17N3OS. The Morgan fingerprint density at radius 3 is 2.93 bits per heavy atom. The summed E-state index contributed by atoms with van der Waals surface area (Å²) in [5.74, 6) is 1.25. The predicted molar refractivity (Wildman–Crippen MR) is 58.4 cm³/mol. The lowest BCUT2D eigenvalue weighted by Gasteiger charge is -2.05. The molecule has 14 heavy (non-hydrogen) atoms. The summed E-state index contributed by atoms with van der Waals surface area (Å²) in [5, 5.41) is 4.05. The normalized spacial score (nSPS) is 15.4. The predicted octanol–water partition coefficient (Wildman–Crippen LogP) is 0.0585. The first-order valence-electron chi connectivity index (χ1n) is 4.67. The Labute approximate surface area is 86.9 Å². The zero-order valence-electron chi connectivity index (χ0n) is 8.64. The van der Waals surface area contributed by atoms with Crippen LogP contribution in [0.5, 0.6) is 0 Å². The zero-order chi connectivity index (χ0) is 10.6. The fourth-order valence-corrected chi connectivity index (χ4v) is 2.43. The highest BCUT2D eigenvalue weighted by Gasteiger charge is 2.05. The molecule has 0 radical (unpaired) electrons. The summed E-state index contributed by atoms with van der Waals surface area (Å²) in [6, 6.07) is 1.96. The molecule has 0 spiro atoms. The minimum Gasteiger partial charge on any atom is -0.327 e. The molecule has 0 aliphatic carbocycles. The molecule has 0 aliphatic heterocycles. The first-order chi connectivity index (χ1) is 6.59. The van der Waals surface area contributed by atoms with Gasteiger partial charge in [-0.2, -0.15) is 5.10 Å². The molecule has 1 aromatic rings. The van der Waals surface area contributed by atoms with Crippen molar-refractivity contribution in [3.05, 3.63) is 18.0 Å². The molecule has 0 saturated carbocycles. The van der Waals surface area contributed by atoms with E-state index in [0.717, 1.165) is 12.1 Å². The van der Waals surface area contributed by atoms with Crippen molar-refractivity contribution in [2.75, 3.05) is 11.5 Å². The number of rotatable bonds is 5. The summed E-state index contributed by atoms with van der Waals surface area (Å²) in [5.41, 5.74) is 6.68. The van der Waals surface area contributed by atoms with Crippen LogP contribution in [0.1, 0.15) is 12.6 Å². The van der Waals surface area contributed by atoms with Crippen molar-refractivity contribution in [2.45, 2.75) is 19.4 Å². The van der Waals surface area contributed by atoms with Gasteiger partial charge in [-0.3, -0.25) is 8.89 Å². The van der Waals surface area contributed by atoms with Gasteiger partial charge in [-0.05, 0) is 13.0 Å². The minimum atomic E-state index is -0.809. The summed E-state index contributed by atoms with van der Waals surface area (Å²) >= 11 is 0. The molecular weight excluding hydrogens is 198 g/mol. The maximum Gasteiger partial charge on any atom is 0.0492 e. The minimum absolute atomic E-state index is 0.0161. The number of hydrogen-bond acceptors (Lipinski definition) is 3. The Morgan fingerprint density at radius 2 is 2.43 bits per heavy atom. The van der Waals surface area contributed by atoms with Crippen LogP contribution in [-0.4, -0.2) is 31.5 Å². The molecule has 2 unspecified atom stereocenters. The lowest BCUT2D eigenvalue weighted by Crippen LogP contribution is -2.24. The first-order valence-corrected chi connectivity index (χ1v) is 6.16. The second-order valence-electron chi connectivity index (χ2n) is 3.48. The van der Waals surface area contributed by atoms with Crippen molar-refractivity contribution in [1.29, 1.82) is 0 Å². The first kappa shape index (κ1) is 11.4. The van der Waals surface area contributed by atoms with Crippen LogP contribution in [0.25, 0.3) is 0 Å². The van der Waals surface area contributed by atoms with Gasteiger partial charge in [-0.1, -0.05) is 0 Å². The van der Waals surface area contributed by atoms with Gasteiger partial charge in [-0.25, -0.2) is 0 Å². The Hall–Kier alpha value is -0.680. The number of aryl methyl sites for hydroxylation is 2. The van der Waals surface area contributed by atoms with E-state index >= 15 is 0 Å². The molecule has 5 heteroatoms. The maximum atomic E-state index is 11.5. The highest BCUT2D eigenvalue weighted by atomic mass is 32.2. The van der Waals surface area contributed by atoms with E-state index in [1.165, 1.54) is 0 Å². The van der Waals surface area contributed by atoms with Gasteiger partial charge in [0.2, 0.25) is 0 Å². The van der Waals surface area contributed by atoms with Gasteiger partial charge < -0.3 is 5.73 Å². The number of hydrogen-bond donors (Lipinski definition) is 1. The molecule has 0 aromatic carbocycles. The molecule has 80 valence electrons. The van der Waals surface area contributed by atoms with Crippen molar-refractivity contribution in [3.8, 4) is 0 Å². The smallest absolute Gasteiger partial charge is 0.0492 e. The summed E-state index contributed by atoms with van der Waals surface area (Å²) in [6.45, 7) is 1.88. The van der Waals surface area contributed by atoms with Gasteiger partial charge in [0, 0.05) is 53.7 Å². The molecule has 1 aromatic heterocycles. The molecule has 1 heterocycles. The van der Waals surface area contributed by atoms with Gasteiger partial charge in [-0.15, -0.1) is 0 Å². The zero-order valence-corrected chi connectivity index (χ0v) is 9.46. The van der Waals surface area contributed by atoms with Gasteiger partial charge in [0.1, 0.15) is 0 Å². The Morgan fingerprint density at radius 1 is 1.71 bits per heavy atom. The average molecular weight is 215 g/mol. The number of nitrogens with two attached hydrogens (primary N) is 1. The van der Waals surface area contributed by atoms with Crippen LogP contribution in [0, 0.1) is 0 Å². The fourth-order valence-electron chi connectivity index (χ4n) is 1.24. The molecule has 2 atom stereocenters. The standard InChI is InChI=1S/C9H17N3OS/c1-8(10)7-14(13)6-4-9-3-5-11-12(9)2/h3,5,8H,4,6-7,10H2,1-2H3. The Balaban J connectivity index is 2.34. The van der Waals surface area contributed by atoms with Gasteiger partial charge >= 0.3 is 0 Å². The van der Waals surface area contributed by atoms with E-state index in [1.807, 2.05) is 24.7 Å². The second kappa shape index (κ2) is 5.26. The van der Waals surface area contributed by atoms with Gasteiger partial charge in [0.25, 0.3) is 0 Å². The van der Waals surface area contributed by atoms with Crippen molar-refractivity contribution in [1.82, 2.24) is 9.78 Å². The van der Waals surface area contributed by atoms with Crippen molar-refractivity contribution in [2.24, 2.45) is 12.8 Å². The summed E-state index contributed by atoms with van der Waals surface area (Å²) < 4.78 is 13.3. The number of aromatic nitrogens is 2. The lowest BCUT2D eigenvalue weighted by atomic mass is 10.3. The van der Waals surface area contributed by atoms with Crippen molar-refractivity contribution in [3.63, 3.8) is 0 Å². The van der Waals surface area contributed by atoms with Crippen LogP contribution in [0.15, 0.2) is 12.3 Å². The van der Waals surface area contributed by atoms with Crippen LogP contribution < -0.4 is 5.73 Å². The largest absolute Gasteiger partial charge is 0.327 e. The summed E-state index contributed by atoms with van der Waals surface area (Å²) in [6.07, 6.45) is 2.56. The van der Waals surface area contributed by atoms with E-state index in [0.29, 0.717) is 11.5 Å². The van der Waals surface area contributed by atoms with Crippen LogP contribution in [0.2, 0.25) is 0 Å². The van der Waals surface area contributed by atoms with Crippen LogP contribution >= 0.6 is 0 Å². The SMILES string of the molecule is CC(N)CS(=O)CCc1ccnn1C. The van der Waals surface area contributed by atoms with Crippen LogP contribution in [-0.2, 0) is 24.3 Å². The molecule has 0 fully saturated rings. The fraction of sp³-hybridized carbons (Fsp3) is 0.667.